The van der Waals surface area contributed by atoms with E-state index in [0.717, 1.165) is 0 Å². The average molecular weight is 260 g/mol. The lowest BCUT2D eigenvalue weighted by molar-refractivity contribution is -0.175. The van der Waals surface area contributed by atoms with E-state index in [1.54, 1.807) is 13.8 Å². The molecule has 0 spiro atoms. The van der Waals surface area contributed by atoms with Crippen LogP contribution in [0.1, 0.15) is 27.7 Å². The SMILES string of the molecule is CC1(C)OC[C@H](COC(=O)[C@H]2COC(C)(C)O2)O1. The number of hydrogen-bond acceptors (Lipinski definition) is 6. The van der Waals surface area contributed by atoms with Gasteiger partial charge in [0.05, 0.1) is 13.2 Å². The summed E-state index contributed by atoms with van der Waals surface area (Å²) in [5.41, 5.74) is 0. The smallest absolute Gasteiger partial charge is 0.337 e. The number of hydrogen-bond donors (Lipinski definition) is 0. The molecule has 0 bridgehead atoms. The van der Waals surface area contributed by atoms with Gasteiger partial charge in [0.15, 0.2) is 17.7 Å². The summed E-state index contributed by atoms with van der Waals surface area (Å²) in [5.74, 6) is -1.75. The largest absolute Gasteiger partial charge is 0.461 e. The van der Waals surface area contributed by atoms with Crippen molar-refractivity contribution in [2.75, 3.05) is 19.8 Å². The zero-order valence-electron chi connectivity index (χ0n) is 11.2. The van der Waals surface area contributed by atoms with Crippen LogP contribution in [-0.4, -0.2) is 49.6 Å². The van der Waals surface area contributed by atoms with E-state index in [1.165, 1.54) is 0 Å². The first-order chi connectivity index (χ1) is 8.27. The maximum atomic E-state index is 11.7. The molecule has 18 heavy (non-hydrogen) atoms. The van der Waals surface area contributed by atoms with Crippen molar-refractivity contribution >= 4 is 5.97 Å². The van der Waals surface area contributed by atoms with Gasteiger partial charge >= 0.3 is 5.97 Å². The van der Waals surface area contributed by atoms with Gasteiger partial charge in [-0.25, -0.2) is 4.79 Å². The second kappa shape index (κ2) is 4.77. The molecule has 6 heteroatoms. The lowest BCUT2D eigenvalue weighted by Crippen LogP contribution is -2.31. The van der Waals surface area contributed by atoms with Gasteiger partial charge in [-0.15, -0.1) is 0 Å². The molecule has 0 N–H and O–H groups in total. The third kappa shape index (κ3) is 3.41. The molecule has 2 atom stereocenters. The molecular formula is C12H20O6. The molecule has 2 aliphatic rings. The third-order valence-corrected chi connectivity index (χ3v) is 2.75. The molecule has 0 saturated carbocycles. The highest BCUT2D eigenvalue weighted by Crippen LogP contribution is 2.24. The fourth-order valence-electron chi connectivity index (χ4n) is 1.92. The van der Waals surface area contributed by atoms with Crippen LogP contribution >= 0.6 is 0 Å². The highest BCUT2D eigenvalue weighted by atomic mass is 16.8. The molecule has 0 aromatic rings. The highest BCUT2D eigenvalue weighted by molar-refractivity contribution is 5.75. The van der Waals surface area contributed by atoms with Crippen molar-refractivity contribution < 1.29 is 28.5 Å². The molecule has 0 aromatic heterocycles. The van der Waals surface area contributed by atoms with E-state index >= 15 is 0 Å². The molecule has 0 amide bonds. The van der Waals surface area contributed by atoms with E-state index < -0.39 is 23.6 Å². The minimum atomic E-state index is -0.724. The van der Waals surface area contributed by atoms with Crippen LogP contribution in [-0.2, 0) is 28.5 Å². The molecule has 2 saturated heterocycles. The van der Waals surface area contributed by atoms with Gasteiger partial charge in [0.2, 0.25) is 0 Å². The quantitative estimate of drug-likeness (QED) is 0.700. The van der Waals surface area contributed by atoms with Crippen LogP contribution < -0.4 is 0 Å². The van der Waals surface area contributed by atoms with E-state index in [-0.39, 0.29) is 19.3 Å². The fraction of sp³-hybridized carbons (Fsp3) is 0.917. The molecule has 0 aliphatic carbocycles. The number of carbonyl (C=O) groups excluding carboxylic acids is 1. The van der Waals surface area contributed by atoms with Gasteiger partial charge in [-0.3, -0.25) is 0 Å². The number of ether oxygens (including phenoxy) is 5. The summed E-state index contributed by atoms with van der Waals surface area (Å²) in [7, 11) is 0. The molecule has 6 nitrogen and oxygen atoms in total. The Balaban J connectivity index is 1.73. The zero-order valence-corrected chi connectivity index (χ0v) is 11.2. The summed E-state index contributed by atoms with van der Waals surface area (Å²) in [6.45, 7) is 7.99. The first-order valence-electron chi connectivity index (χ1n) is 6.08. The summed E-state index contributed by atoms with van der Waals surface area (Å²) >= 11 is 0. The monoisotopic (exact) mass is 260 g/mol. The van der Waals surface area contributed by atoms with E-state index in [1.807, 2.05) is 13.8 Å². The Labute approximate surface area is 106 Å². The van der Waals surface area contributed by atoms with Crippen molar-refractivity contribution in [3.63, 3.8) is 0 Å². The van der Waals surface area contributed by atoms with E-state index in [4.69, 9.17) is 23.7 Å². The predicted molar refractivity (Wildman–Crippen MR) is 60.8 cm³/mol. The summed E-state index contributed by atoms with van der Waals surface area (Å²) in [5, 5.41) is 0. The van der Waals surface area contributed by atoms with Crippen LogP contribution in [0.3, 0.4) is 0 Å². The summed E-state index contributed by atoms with van der Waals surface area (Å²) in [6.07, 6.45) is -0.880. The van der Waals surface area contributed by atoms with Crippen LogP contribution in [0.25, 0.3) is 0 Å². The van der Waals surface area contributed by atoms with E-state index in [0.29, 0.717) is 6.61 Å². The maximum Gasteiger partial charge on any atom is 0.337 e. The Kier molecular flexibility index (Phi) is 3.64. The average Bonchev–Trinajstić information content (AvgIpc) is 2.78. The van der Waals surface area contributed by atoms with Crippen molar-refractivity contribution in [3.8, 4) is 0 Å². The van der Waals surface area contributed by atoms with Crippen LogP contribution in [0, 0.1) is 0 Å². The second-order valence-corrected chi connectivity index (χ2v) is 5.40. The standard InChI is InChI=1S/C12H20O6/c1-11(2)15-6-8(17-11)5-14-10(13)9-7-16-12(3,4)18-9/h8-9H,5-7H2,1-4H3/t8-,9+/m0/s1. The van der Waals surface area contributed by atoms with E-state index in [2.05, 4.69) is 0 Å². The molecule has 0 unspecified atom stereocenters. The minimum Gasteiger partial charge on any atom is -0.461 e. The van der Waals surface area contributed by atoms with Gasteiger partial charge in [-0.1, -0.05) is 0 Å². The van der Waals surface area contributed by atoms with Crippen molar-refractivity contribution in [1.82, 2.24) is 0 Å². The second-order valence-electron chi connectivity index (χ2n) is 5.40. The Morgan fingerprint density at radius 2 is 1.72 bits per heavy atom. The summed E-state index contributed by atoms with van der Waals surface area (Å²) in [4.78, 5) is 11.7. The van der Waals surface area contributed by atoms with Crippen molar-refractivity contribution in [2.45, 2.75) is 51.5 Å². The number of rotatable bonds is 3. The first kappa shape index (κ1) is 13.7. The van der Waals surface area contributed by atoms with Crippen LogP contribution in [0.2, 0.25) is 0 Å². The van der Waals surface area contributed by atoms with Crippen LogP contribution in [0.15, 0.2) is 0 Å². The van der Waals surface area contributed by atoms with Crippen molar-refractivity contribution in [2.24, 2.45) is 0 Å². The molecule has 0 aromatic carbocycles. The molecular weight excluding hydrogens is 240 g/mol. The molecule has 2 heterocycles. The van der Waals surface area contributed by atoms with Crippen LogP contribution in [0.5, 0.6) is 0 Å². The van der Waals surface area contributed by atoms with Gasteiger partial charge in [-0.2, -0.15) is 0 Å². The minimum absolute atomic E-state index is 0.169. The topological polar surface area (TPSA) is 63.2 Å². The molecule has 2 rings (SSSR count). The Bertz CT molecular complexity index is 325. The molecule has 0 radical (unpaired) electrons. The molecule has 2 aliphatic heterocycles. The lowest BCUT2D eigenvalue weighted by atomic mass is 10.3. The van der Waals surface area contributed by atoms with Gasteiger partial charge in [-0.05, 0) is 27.7 Å². The lowest BCUT2D eigenvalue weighted by Gasteiger charge is -2.18. The van der Waals surface area contributed by atoms with Gasteiger partial charge in [0, 0.05) is 0 Å². The van der Waals surface area contributed by atoms with Gasteiger partial charge in [0.25, 0.3) is 0 Å². The Hall–Kier alpha value is -0.690. The van der Waals surface area contributed by atoms with Crippen molar-refractivity contribution in [3.05, 3.63) is 0 Å². The first-order valence-corrected chi connectivity index (χ1v) is 6.08. The highest BCUT2D eigenvalue weighted by Gasteiger charge is 2.39. The zero-order chi connectivity index (χ0) is 13.4. The molecule has 2 fully saturated rings. The number of esters is 1. The fourth-order valence-corrected chi connectivity index (χ4v) is 1.92. The third-order valence-electron chi connectivity index (χ3n) is 2.75. The van der Waals surface area contributed by atoms with Gasteiger partial charge in [0.1, 0.15) is 12.7 Å². The Morgan fingerprint density at radius 3 is 2.22 bits per heavy atom. The Morgan fingerprint density at radius 1 is 1.11 bits per heavy atom. The molecule has 104 valence electrons. The summed E-state index contributed by atoms with van der Waals surface area (Å²) < 4.78 is 26.8. The van der Waals surface area contributed by atoms with Gasteiger partial charge < -0.3 is 23.7 Å². The van der Waals surface area contributed by atoms with E-state index in [9.17, 15) is 4.79 Å². The maximum absolute atomic E-state index is 11.7. The van der Waals surface area contributed by atoms with Crippen LogP contribution in [0.4, 0.5) is 0 Å². The number of carbonyl (C=O) groups is 1. The summed E-state index contributed by atoms with van der Waals surface area (Å²) in [6, 6.07) is 0. The van der Waals surface area contributed by atoms with Crippen molar-refractivity contribution in [1.29, 1.82) is 0 Å². The predicted octanol–water partition coefficient (Wildman–Crippen LogP) is 0.833. The normalized spacial score (nSPS) is 33.6.